The lowest BCUT2D eigenvalue weighted by Crippen LogP contribution is -2.06. The smallest absolute Gasteiger partial charge is 0.126 e. The van der Waals surface area contributed by atoms with Crippen LogP contribution in [-0.2, 0) is 24.0 Å². The predicted molar refractivity (Wildman–Crippen MR) is 127 cm³/mol. The molecule has 1 heterocycles. The van der Waals surface area contributed by atoms with Crippen LogP contribution in [0.4, 0.5) is 0 Å². The largest absolute Gasteiger partial charge is 0.493 e. The Labute approximate surface area is 186 Å². The minimum Gasteiger partial charge on any atom is -0.493 e. The van der Waals surface area contributed by atoms with E-state index < -0.39 is 0 Å². The van der Waals surface area contributed by atoms with E-state index in [1.807, 2.05) is 18.2 Å². The van der Waals surface area contributed by atoms with E-state index in [4.69, 9.17) is 14.2 Å². The SMILES string of the molecule is C=CCc1cc(-c2cc(CC=C)c(OCC3CC3)c(CC=C)c2)ccc1OCC1CO1. The highest BCUT2D eigenvalue weighted by atomic mass is 16.6. The van der Waals surface area contributed by atoms with Gasteiger partial charge >= 0.3 is 0 Å². The van der Waals surface area contributed by atoms with Gasteiger partial charge in [0, 0.05) is 0 Å². The van der Waals surface area contributed by atoms with E-state index >= 15 is 0 Å². The van der Waals surface area contributed by atoms with E-state index in [-0.39, 0.29) is 6.10 Å². The Morgan fingerprint density at radius 2 is 1.42 bits per heavy atom. The Bertz CT molecular complexity index is 920. The van der Waals surface area contributed by atoms with Gasteiger partial charge in [-0.3, -0.25) is 0 Å². The fraction of sp³-hybridized carbons (Fsp3) is 0.357. The molecule has 1 saturated heterocycles. The molecule has 1 aliphatic heterocycles. The van der Waals surface area contributed by atoms with Crippen LogP contribution in [0.5, 0.6) is 11.5 Å². The minimum absolute atomic E-state index is 0.238. The normalized spacial score (nSPS) is 17.1. The van der Waals surface area contributed by atoms with Crippen LogP contribution in [0.15, 0.2) is 68.3 Å². The van der Waals surface area contributed by atoms with Crippen LogP contribution in [0.1, 0.15) is 29.5 Å². The van der Waals surface area contributed by atoms with Gasteiger partial charge in [-0.15, -0.1) is 19.7 Å². The van der Waals surface area contributed by atoms with Gasteiger partial charge in [0.1, 0.15) is 24.2 Å². The van der Waals surface area contributed by atoms with Crippen LogP contribution in [0.25, 0.3) is 11.1 Å². The molecule has 0 radical (unpaired) electrons. The van der Waals surface area contributed by atoms with E-state index in [1.54, 1.807) is 0 Å². The predicted octanol–water partition coefficient (Wildman–Crippen LogP) is 6.11. The Hall–Kier alpha value is -2.78. The third kappa shape index (κ3) is 5.68. The zero-order chi connectivity index (χ0) is 21.6. The quantitative estimate of drug-likeness (QED) is 0.292. The molecule has 4 rings (SSSR count). The molecule has 3 heteroatoms. The summed E-state index contributed by atoms with van der Waals surface area (Å²) in [6.07, 6.45) is 10.9. The van der Waals surface area contributed by atoms with Gasteiger partial charge in [0.05, 0.1) is 13.2 Å². The van der Waals surface area contributed by atoms with Gasteiger partial charge in [-0.1, -0.05) is 24.3 Å². The van der Waals surface area contributed by atoms with Crippen LogP contribution in [0.3, 0.4) is 0 Å². The van der Waals surface area contributed by atoms with Gasteiger partial charge in [0.15, 0.2) is 0 Å². The zero-order valence-electron chi connectivity index (χ0n) is 18.3. The van der Waals surface area contributed by atoms with Crippen molar-refractivity contribution in [1.29, 1.82) is 0 Å². The van der Waals surface area contributed by atoms with Crippen LogP contribution < -0.4 is 9.47 Å². The van der Waals surface area contributed by atoms with Crippen molar-refractivity contribution in [2.75, 3.05) is 19.8 Å². The van der Waals surface area contributed by atoms with Gasteiger partial charge in [-0.2, -0.15) is 0 Å². The average molecular weight is 417 g/mol. The lowest BCUT2D eigenvalue weighted by atomic mass is 9.94. The van der Waals surface area contributed by atoms with Gasteiger partial charge in [-0.05, 0) is 90.1 Å². The van der Waals surface area contributed by atoms with Crippen molar-refractivity contribution in [3.05, 3.63) is 85.0 Å². The van der Waals surface area contributed by atoms with Crippen LogP contribution in [0, 0.1) is 5.92 Å². The van der Waals surface area contributed by atoms with Gasteiger partial charge in [0.25, 0.3) is 0 Å². The molecule has 1 atom stereocenters. The molecule has 31 heavy (non-hydrogen) atoms. The van der Waals surface area contributed by atoms with Crippen molar-refractivity contribution < 1.29 is 14.2 Å². The highest BCUT2D eigenvalue weighted by Gasteiger charge is 2.24. The number of ether oxygens (including phenoxy) is 3. The summed E-state index contributed by atoms with van der Waals surface area (Å²) in [5.41, 5.74) is 5.84. The number of hydrogen-bond acceptors (Lipinski definition) is 3. The first-order valence-corrected chi connectivity index (χ1v) is 11.2. The van der Waals surface area contributed by atoms with Gasteiger partial charge in [0.2, 0.25) is 0 Å². The maximum Gasteiger partial charge on any atom is 0.126 e. The molecule has 1 unspecified atom stereocenters. The average Bonchev–Trinajstić information content (AvgIpc) is 3.68. The summed E-state index contributed by atoms with van der Waals surface area (Å²) in [4.78, 5) is 0. The second kappa shape index (κ2) is 10.0. The standard InChI is InChI=1S/C28H32O3/c1-4-7-22-14-21(12-13-27(22)30-19-26-18-29-26)25-15-23(8-5-2)28(24(16-25)9-6-3)31-17-20-10-11-20/h4-6,12-16,20,26H,1-3,7-11,17-19H2. The number of rotatable bonds is 13. The molecule has 2 aromatic carbocycles. The fourth-order valence-electron chi connectivity index (χ4n) is 3.77. The highest BCUT2D eigenvalue weighted by Crippen LogP contribution is 2.36. The Kier molecular flexibility index (Phi) is 6.93. The van der Waals surface area contributed by atoms with Crippen LogP contribution in [-0.4, -0.2) is 25.9 Å². The number of hydrogen-bond donors (Lipinski definition) is 0. The van der Waals surface area contributed by atoms with Crippen molar-refractivity contribution in [2.24, 2.45) is 5.92 Å². The van der Waals surface area contributed by atoms with Crippen molar-refractivity contribution in [1.82, 2.24) is 0 Å². The minimum atomic E-state index is 0.238. The van der Waals surface area contributed by atoms with E-state index in [2.05, 4.69) is 50.1 Å². The van der Waals surface area contributed by atoms with Crippen molar-refractivity contribution in [3.8, 4) is 22.6 Å². The van der Waals surface area contributed by atoms with Crippen molar-refractivity contribution >= 4 is 0 Å². The number of allylic oxidation sites excluding steroid dienone is 3. The summed E-state index contributed by atoms with van der Waals surface area (Å²) in [5.74, 6) is 2.62. The molecule has 0 amide bonds. The molecular formula is C28H32O3. The maximum absolute atomic E-state index is 6.29. The summed E-state index contributed by atoms with van der Waals surface area (Å²) in [7, 11) is 0. The summed E-state index contributed by atoms with van der Waals surface area (Å²) in [6.45, 7) is 14.0. The first-order chi connectivity index (χ1) is 15.2. The second-order valence-corrected chi connectivity index (χ2v) is 8.45. The zero-order valence-corrected chi connectivity index (χ0v) is 18.3. The molecule has 2 aliphatic rings. The Morgan fingerprint density at radius 1 is 0.806 bits per heavy atom. The summed E-state index contributed by atoms with van der Waals surface area (Å²) < 4.78 is 17.6. The molecule has 1 aliphatic carbocycles. The summed E-state index contributed by atoms with van der Waals surface area (Å²) in [6, 6.07) is 10.9. The van der Waals surface area contributed by atoms with E-state index in [0.29, 0.717) is 12.5 Å². The topological polar surface area (TPSA) is 31.0 Å². The Morgan fingerprint density at radius 3 is 2.00 bits per heavy atom. The third-order valence-corrected chi connectivity index (χ3v) is 5.72. The highest BCUT2D eigenvalue weighted by molar-refractivity contribution is 5.70. The first-order valence-electron chi connectivity index (χ1n) is 11.2. The molecule has 1 saturated carbocycles. The number of benzene rings is 2. The maximum atomic E-state index is 6.29. The van der Waals surface area contributed by atoms with E-state index in [0.717, 1.165) is 55.1 Å². The molecule has 2 aromatic rings. The molecule has 0 bridgehead atoms. The van der Waals surface area contributed by atoms with Crippen molar-refractivity contribution in [3.63, 3.8) is 0 Å². The van der Waals surface area contributed by atoms with E-state index in [1.165, 1.54) is 29.5 Å². The molecule has 162 valence electrons. The monoisotopic (exact) mass is 416 g/mol. The lowest BCUT2D eigenvalue weighted by molar-refractivity contribution is 0.261. The second-order valence-electron chi connectivity index (χ2n) is 8.45. The third-order valence-electron chi connectivity index (χ3n) is 5.72. The Balaban J connectivity index is 1.67. The van der Waals surface area contributed by atoms with Crippen molar-refractivity contribution in [2.45, 2.75) is 38.2 Å². The molecule has 0 N–H and O–H groups in total. The summed E-state index contributed by atoms with van der Waals surface area (Å²) >= 11 is 0. The van der Waals surface area contributed by atoms with Gasteiger partial charge < -0.3 is 14.2 Å². The molecular weight excluding hydrogens is 384 g/mol. The summed E-state index contributed by atoms with van der Waals surface area (Å²) in [5, 5.41) is 0. The molecule has 3 nitrogen and oxygen atoms in total. The van der Waals surface area contributed by atoms with E-state index in [9.17, 15) is 0 Å². The molecule has 0 spiro atoms. The van der Waals surface area contributed by atoms with Crippen LogP contribution >= 0.6 is 0 Å². The van der Waals surface area contributed by atoms with Gasteiger partial charge in [-0.25, -0.2) is 0 Å². The molecule has 2 fully saturated rings. The first kappa shape index (κ1) is 21.5. The van der Waals surface area contributed by atoms with Crippen LogP contribution in [0.2, 0.25) is 0 Å². The fourth-order valence-corrected chi connectivity index (χ4v) is 3.77. The number of epoxide rings is 1. The molecule has 0 aromatic heterocycles. The lowest BCUT2D eigenvalue weighted by Gasteiger charge is -2.18.